The Bertz CT molecular complexity index is 408. The number of nitrogens with zero attached hydrogens (tertiary/aromatic N) is 2. The number of halogens is 2. The van der Waals surface area contributed by atoms with Crippen molar-refractivity contribution in [3.05, 3.63) is 16.4 Å². The molecule has 0 radical (unpaired) electrons. The van der Waals surface area contributed by atoms with Crippen LogP contribution in [0.15, 0.2) is 9.21 Å². The summed E-state index contributed by atoms with van der Waals surface area (Å²) in [7, 11) is 0. The van der Waals surface area contributed by atoms with Crippen LogP contribution in [0, 0.1) is 6.92 Å². The molecule has 0 amide bonds. The van der Waals surface area contributed by atoms with E-state index in [0.717, 1.165) is 0 Å². The van der Waals surface area contributed by atoms with Gasteiger partial charge in [0.25, 0.3) is 0 Å². The van der Waals surface area contributed by atoms with Crippen molar-refractivity contribution in [2.45, 2.75) is 19.4 Å². The minimum atomic E-state index is -4.03. The molecule has 6 nitrogen and oxygen atoms in total. The Labute approximate surface area is 75.8 Å². The zero-order valence-corrected chi connectivity index (χ0v) is 7.03. The number of carboxylic acids is 1. The molecule has 1 N–H and O–H groups in total. The lowest BCUT2D eigenvalue weighted by Crippen LogP contribution is -2.36. The van der Waals surface area contributed by atoms with Crippen LogP contribution < -0.4 is 5.76 Å². The number of carboxylic acid groups (broad SMARTS) is 1. The monoisotopic (exact) mass is 208 g/mol. The number of aryl methyl sites for hydroxylation is 1. The van der Waals surface area contributed by atoms with Crippen molar-refractivity contribution in [2.75, 3.05) is 0 Å². The minimum Gasteiger partial charge on any atom is -0.477 e. The average Bonchev–Trinajstić information content (AvgIpc) is 2.29. The average molecular weight is 208 g/mol. The van der Waals surface area contributed by atoms with E-state index < -0.39 is 24.2 Å². The molecule has 0 saturated heterocycles. The molecule has 0 aromatic carbocycles. The van der Waals surface area contributed by atoms with Gasteiger partial charge in [-0.15, -0.1) is 5.10 Å². The van der Waals surface area contributed by atoms with Gasteiger partial charge in [-0.05, 0) is 0 Å². The van der Waals surface area contributed by atoms with E-state index in [-0.39, 0.29) is 10.6 Å². The molecule has 0 atom stereocenters. The lowest BCUT2D eigenvalue weighted by molar-refractivity contribution is -0.167. The van der Waals surface area contributed by atoms with E-state index in [1.807, 2.05) is 0 Å². The molecule has 1 rings (SSSR count). The number of hydrogen-bond donors (Lipinski definition) is 1. The highest BCUT2D eigenvalue weighted by atomic mass is 19.3. The van der Waals surface area contributed by atoms with Gasteiger partial charge < -0.3 is 9.52 Å². The van der Waals surface area contributed by atoms with Gasteiger partial charge in [0.1, 0.15) is 6.54 Å². The Kier molecular flexibility index (Phi) is 2.37. The largest absolute Gasteiger partial charge is 0.477 e. The fourth-order valence-corrected chi connectivity index (χ4v) is 0.766. The summed E-state index contributed by atoms with van der Waals surface area (Å²) in [6.45, 7) is -0.0463. The standard InChI is InChI=1S/C6H6F2N2O4/c1-3-9-10(5(13)14-3)2-6(7,8)4(11)12/h2H2,1H3,(H,11,12). The summed E-state index contributed by atoms with van der Waals surface area (Å²) in [5.41, 5.74) is 0. The minimum absolute atomic E-state index is 0.101. The molecular formula is C6H6F2N2O4. The van der Waals surface area contributed by atoms with Crippen molar-refractivity contribution < 1.29 is 23.1 Å². The first-order valence-electron chi connectivity index (χ1n) is 3.49. The molecule has 0 bridgehead atoms. The zero-order valence-electron chi connectivity index (χ0n) is 7.03. The predicted molar refractivity (Wildman–Crippen MR) is 38.1 cm³/mol. The molecule has 14 heavy (non-hydrogen) atoms. The van der Waals surface area contributed by atoms with E-state index in [1.165, 1.54) is 6.92 Å². The molecule has 0 aliphatic rings. The lowest BCUT2D eigenvalue weighted by Gasteiger charge is -2.08. The molecule has 0 spiro atoms. The van der Waals surface area contributed by atoms with Crippen LogP contribution in [0.1, 0.15) is 5.89 Å². The third-order valence-corrected chi connectivity index (χ3v) is 1.37. The van der Waals surface area contributed by atoms with E-state index in [9.17, 15) is 18.4 Å². The van der Waals surface area contributed by atoms with E-state index in [0.29, 0.717) is 0 Å². The van der Waals surface area contributed by atoms with Crippen molar-refractivity contribution in [2.24, 2.45) is 0 Å². The molecule has 0 unspecified atom stereocenters. The lowest BCUT2D eigenvalue weighted by atomic mass is 10.3. The summed E-state index contributed by atoms with van der Waals surface area (Å²) < 4.78 is 29.7. The molecule has 0 aliphatic heterocycles. The topological polar surface area (TPSA) is 85.3 Å². The van der Waals surface area contributed by atoms with Gasteiger partial charge >= 0.3 is 17.6 Å². The molecule has 0 saturated carbocycles. The van der Waals surface area contributed by atoms with Gasteiger partial charge in [0.05, 0.1) is 0 Å². The maximum Gasteiger partial charge on any atom is 0.437 e. The van der Waals surface area contributed by atoms with Gasteiger partial charge in [-0.1, -0.05) is 0 Å². The maximum atomic E-state index is 12.6. The molecule has 78 valence electrons. The Morgan fingerprint density at radius 1 is 1.71 bits per heavy atom. The van der Waals surface area contributed by atoms with Crippen LogP contribution in [0.4, 0.5) is 8.78 Å². The van der Waals surface area contributed by atoms with Gasteiger partial charge in [0.2, 0.25) is 5.89 Å². The normalized spacial score (nSPS) is 11.6. The SMILES string of the molecule is Cc1nn(CC(F)(F)C(=O)O)c(=O)o1. The number of alkyl halides is 2. The highest BCUT2D eigenvalue weighted by Gasteiger charge is 2.40. The smallest absolute Gasteiger partial charge is 0.437 e. The van der Waals surface area contributed by atoms with Crippen LogP contribution in [-0.2, 0) is 11.3 Å². The van der Waals surface area contributed by atoms with Crippen molar-refractivity contribution in [1.82, 2.24) is 9.78 Å². The summed E-state index contributed by atoms with van der Waals surface area (Å²) in [6.07, 6.45) is 0. The summed E-state index contributed by atoms with van der Waals surface area (Å²) in [6, 6.07) is 0. The number of hydrogen-bond acceptors (Lipinski definition) is 4. The van der Waals surface area contributed by atoms with Crippen molar-refractivity contribution >= 4 is 5.97 Å². The van der Waals surface area contributed by atoms with Gasteiger partial charge in [0, 0.05) is 6.92 Å². The Morgan fingerprint density at radius 2 is 2.29 bits per heavy atom. The fourth-order valence-electron chi connectivity index (χ4n) is 0.766. The predicted octanol–water partition coefficient (Wildman–Crippen LogP) is -0.135. The van der Waals surface area contributed by atoms with Crippen molar-refractivity contribution in [1.29, 1.82) is 0 Å². The molecule has 1 aromatic rings. The van der Waals surface area contributed by atoms with Crippen molar-refractivity contribution in [3.8, 4) is 0 Å². The van der Waals surface area contributed by atoms with Crippen LogP contribution in [-0.4, -0.2) is 26.8 Å². The molecule has 1 aromatic heterocycles. The van der Waals surface area contributed by atoms with Gasteiger partial charge in [0.15, 0.2) is 0 Å². The number of rotatable bonds is 3. The van der Waals surface area contributed by atoms with E-state index in [1.54, 1.807) is 0 Å². The van der Waals surface area contributed by atoms with Gasteiger partial charge in [-0.25, -0.2) is 9.59 Å². The fraction of sp³-hybridized carbons (Fsp3) is 0.500. The molecule has 0 fully saturated rings. The molecular weight excluding hydrogens is 202 g/mol. The molecule has 0 aliphatic carbocycles. The second-order valence-electron chi connectivity index (χ2n) is 2.55. The number of carbonyl (C=O) groups is 1. The molecule has 8 heteroatoms. The Hall–Kier alpha value is -1.73. The Morgan fingerprint density at radius 3 is 2.64 bits per heavy atom. The summed E-state index contributed by atoms with van der Waals surface area (Å²) >= 11 is 0. The van der Waals surface area contributed by atoms with E-state index >= 15 is 0 Å². The van der Waals surface area contributed by atoms with Gasteiger partial charge in [-0.2, -0.15) is 13.5 Å². The second kappa shape index (κ2) is 3.20. The van der Waals surface area contributed by atoms with E-state index in [4.69, 9.17) is 5.11 Å². The second-order valence-corrected chi connectivity index (χ2v) is 2.55. The van der Waals surface area contributed by atoms with Crippen molar-refractivity contribution in [3.63, 3.8) is 0 Å². The summed E-state index contributed by atoms with van der Waals surface area (Å²) in [4.78, 5) is 20.8. The third kappa shape index (κ3) is 1.95. The highest BCUT2D eigenvalue weighted by molar-refractivity contribution is 5.75. The van der Waals surface area contributed by atoms with Crippen LogP contribution in [0.2, 0.25) is 0 Å². The van der Waals surface area contributed by atoms with Gasteiger partial charge in [-0.3, -0.25) is 0 Å². The number of aromatic nitrogens is 2. The number of aliphatic carboxylic acids is 1. The van der Waals surface area contributed by atoms with Crippen LogP contribution in [0.3, 0.4) is 0 Å². The first kappa shape index (κ1) is 10.4. The van der Waals surface area contributed by atoms with Crippen LogP contribution >= 0.6 is 0 Å². The first-order chi connectivity index (χ1) is 6.33. The van der Waals surface area contributed by atoms with E-state index in [2.05, 4.69) is 9.52 Å². The third-order valence-electron chi connectivity index (χ3n) is 1.37. The highest BCUT2D eigenvalue weighted by Crippen LogP contribution is 2.14. The maximum absolute atomic E-state index is 12.6. The quantitative estimate of drug-likeness (QED) is 0.747. The first-order valence-corrected chi connectivity index (χ1v) is 3.49. The van der Waals surface area contributed by atoms with Crippen LogP contribution in [0.5, 0.6) is 0 Å². The molecule has 1 heterocycles. The summed E-state index contributed by atoms with van der Waals surface area (Å²) in [5, 5.41) is 11.3. The zero-order chi connectivity index (χ0) is 10.9. The van der Waals surface area contributed by atoms with Crippen LogP contribution in [0.25, 0.3) is 0 Å². The summed E-state index contributed by atoms with van der Waals surface area (Å²) in [5.74, 6) is -7.56. The Balaban J connectivity index is 2.94.